The molecule has 0 aliphatic heterocycles. The standard InChI is InChI=1S/C14H17N3O3/c1-9-13(10(2)20-17-9)8-15-7-12-5-4-11(6-16-12)14(18)19-3/h4-6,15H,7-8H2,1-3H3. The number of esters is 1. The molecule has 0 aromatic carbocycles. The summed E-state index contributed by atoms with van der Waals surface area (Å²) < 4.78 is 9.72. The molecule has 0 atom stereocenters. The number of hydrogen-bond donors (Lipinski definition) is 1. The number of aryl methyl sites for hydroxylation is 2. The average Bonchev–Trinajstić information content (AvgIpc) is 2.79. The summed E-state index contributed by atoms with van der Waals surface area (Å²) in [7, 11) is 1.35. The Morgan fingerprint density at radius 3 is 2.70 bits per heavy atom. The highest BCUT2D eigenvalue weighted by molar-refractivity contribution is 5.88. The Hall–Kier alpha value is -2.21. The van der Waals surface area contributed by atoms with E-state index in [1.807, 2.05) is 13.8 Å². The van der Waals surface area contributed by atoms with Gasteiger partial charge < -0.3 is 14.6 Å². The lowest BCUT2D eigenvalue weighted by Crippen LogP contribution is -2.15. The molecule has 0 saturated heterocycles. The van der Waals surface area contributed by atoms with Crippen LogP contribution in [-0.2, 0) is 17.8 Å². The van der Waals surface area contributed by atoms with Gasteiger partial charge in [-0.1, -0.05) is 5.16 Å². The molecule has 0 aliphatic carbocycles. The summed E-state index contributed by atoms with van der Waals surface area (Å²) in [5.41, 5.74) is 3.26. The van der Waals surface area contributed by atoms with Gasteiger partial charge in [-0.05, 0) is 26.0 Å². The Labute approximate surface area is 117 Å². The van der Waals surface area contributed by atoms with Crippen molar-refractivity contribution in [1.29, 1.82) is 0 Å². The SMILES string of the molecule is COC(=O)c1ccc(CNCc2c(C)noc2C)nc1. The molecule has 2 aromatic rings. The van der Waals surface area contributed by atoms with Crippen molar-refractivity contribution in [3.8, 4) is 0 Å². The van der Waals surface area contributed by atoms with E-state index < -0.39 is 0 Å². The molecule has 0 spiro atoms. The van der Waals surface area contributed by atoms with E-state index in [0.29, 0.717) is 18.7 Å². The molecule has 0 amide bonds. The molecule has 106 valence electrons. The molecule has 6 nitrogen and oxygen atoms in total. The highest BCUT2D eigenvalue weighted by Gasteiger charge is 2.08. The fourth-order valence-corrected chi connectivity index (χ4v) is 1.84. The topological polar surface area (TPSA) is 77.2 Å². The summed E-state index contributed by atoms with van der Waals surface area (Å²) in [6, 6.07) is 3.50. The number of carbonyl (C=O) groups is 1. The van der Waals surface area contributed by atoms with E-state index in [9.17, 15) is 4.79 Å². The number of rotatable bonds is 5. The Morgan fingerprint density at radius 2 is 2.15 bits per heavy atom. The van der Waals surface area contributed by atoms with Gasteiger partial charge in [-0.3, -0.25) is 4.98 Å². The van der Waals surface area contributed by atoms with Crippen LogP contribution < -0.4 is 5.32 Å². The smallest absolute Gasteiger partial charge is 0.339 e. The van der Waals surface area contributed by atoms with Crippen LogP contribution in [0.25, 0.3) is 0 Å². The van der Waals surface area contributed by atoms with Gasteiger partial charge in [0, 0.05) is 24.8 Å². The minimum absolute atomic E-state index is 0.382. The Balaban J connectivity index is 1.90. The van der Waals surface area contributed by atoms with Crippen molar-refractivity contribution in [2.24, 2.45) is 0 Å². The zero-order chi connectivity index (χ0) is 14.5. The molecule has 0 aliphatic rings. The number of ether oxygens (including phenoxy) is 1. The molecular weight excluding hydrogens is 258 g/mol. The average molecular weight is 275 g/mol. The maximum Gasteiger partial charge on any atom is 0.339 e. The summed E-state index contributed by atoms with van der Waals surface area (Å²) in [4.78, 5) is 15.5. The lowest BCUT2D eigenvalue weighted by Gasteiger charge is -2.05. The molecule has 2 heterocycles. The second-order valence-corrected chi connectivity index (χ2v) is 4.44. The molecule has 1 N–H and O–H groups in total. The Kier molecular flexibility index (Phi) is 4.47. The molecule has 0 unspecified atom stereocenters. The fourth-order valence-electron chi connectivity index (χ4n) is 1.84. The highest BCUT2D eigenvalue weighted by Crippen LogP contribution is 2.11. The first-order valence-corrected chi connectivity index (χ1v) is 6.27. The number of methoxy groups -OCH3 is 1. The molecule has 20 heavy (non-hydrogen) atoms. The van der Waals surface area contributed by atoms with E-state index in [-0.39, 0.29) is 5.97 Å². The van der Waals surface area contributed by atoms with Gasteiger partial charge in [-0.15, -0.1) is 0 Å². The second-order valence-electron chi connectivity index (χ2n) is 4.44. The van der Waals surface area contributed by atoms with Crippen LogP contribution in [0.15, 0.2) is 22.9 Å². The zero-order valence-corrected chi connectivity index (χ0v) is 11.8. The first kappa shape index (κ1) is 14.2. The van der Waals surface area contributed by atoms with E-state index in [4.69, 9.17) is 4.52 Å². The third-order valence-corrected chi connectivity index (χ3v) is 3.03. The van der Waals surface area contributed by atoms with Gasteiger partial charge in [0.2, 0.25) is 0 Å². The number of nitrogens with zero attached hydrogens (tertiary/aromatic N) is 2. The Morgan fingerprint density at radius 1 is 1.35 bits per heavy atom. The number of hydrogen-bond acceptors (Lipinski definition) is 6. The van der Waals surface area contributed by atoms with E-state index in [1.54, 1.807) is 12.1 Å². The quantitative estimate of drug-likeness (QED) is 0.838. The van der Waals surface area contributed by atoms with Crippen molar-refractivity contribution in [3.63, 3.8) is 0 Å². The molecule has 0 bridgehead atoms. The maximum absolute atomic E-state index is 11.3. The first-order chi connectivity index (χ1) is 9.61. The largest absolute Gasteiger partial charge is 0.465 e. The monoisotopic (exact) mass is 275 g/mol. The van der Waals surface area contributed by atoms with Gasteiger partial charge in [0.05, 0.1) is 24.1 Å². The van der Waals surface area contributed by atoms with Gasteiger partial charge in [0.25, 0.3) is 0 Å². The van der Waals surface area contributed by atoms with Crippen molar-refractivity contribution in [1.82, 2.24) is 15.5 Å². The van der Waals surface area contributed by atoms with Crippen LogP contribution in [0.3, 0.4) is 0 Å². The minimum Gasteiger partial charge on any atom is -0.465 e. The zero-order valence-electron chi connectivity index (χ0n) is 11.8. The molecule has 0 fully saturated rings. The number of nitrogens with one attached hydrogen (secondary N) is 1. The number of pyridine rings is 1. The van der Waals surface area contributed by atoms with Gasteiger partial charge in [0.15, 0.2) is 0 Å². The normalized spacial score (nSPS) is 10.6. The summed E-state index contributed by atoms with van der Waals surface area (Å²) >= 11 is 0. The third-order valence-electron chi connectivity index (χ3n) is 3.03. The predicted molar refractivity (Wildman–Crippen MR) is 72.1 cm³/mol. The predicted octanol–water partition coefficient (Wildman–Crippen LogP) is 1.76. The Bertz CT molecular complexity index is 571. The number of aromatic nitrogens is 2. The summed E-state index contributed by atoms with van der Waals surface area (Å²) in [6.45, 7) is 5.07. The van der Waals surface area contributed by atoms with Gasteiger partial charge in [0.1, 0.15) is 5.76 Å². The molecule has 6 heteroatoms. The van der Waals surface area contributed by atoms with Crippen molar-refractivity contribution < 1.29 is 14.1 Å². The van der Waals surface area contributed by atoms with Crippen LogP contribution in [0.4, 0.5) is 0 Å². The maximum atomic E-state index is 11.3. The van der Waals surface area contributed by atoms with Gasteiger partial charge in [-0.25, -0.2) is 4.79 Å². The van der Waals surface area contributed by atoms with E-state index in [2.05, 4.69) is 20.2 Å². The van der Waals surface area contributed by atoms with Crippen LogP contribution in [0.5, 0.6) is 0 Å². The summed E-state index contributed by atoms with van der Waals surface area (Å²) in [5, 5.41) is 7.17. The lowest BCUT2D eigenvalue weighted by atomic mass is 10.2. The minimum atomic E-state index is -0.382. The van der Waals surface area contributed by atoms with Crippen molar-refractivity contribution >= 4 is 5.97 Å². The van der Waals surface area contributed by atoms with Crippen LogP contribution in [0.2, 0.25) is 0 Å². The van der Waals surface area contributed by atoms with Gasteiger partial charge in [-0.2, -0.15) is 0 Å². The van der Waals surface area contributed by atoms with E-state index in [0.717, 1.165) is 22.7 Å². The van der Waals surface area contributed by atoms with Crippen molar-refractivity contribution in [2.75, 3.05) is 7.11 Å². The number of carbonyl (C=O) groups excluding carboxylic acids is 1. The molecule has 0 radical (unpaired) electrons. The van der Waals surface area contributed by atoms with Gasteiger partial charge >= 0.3 is 5.97 Å². The van der Waals surface area contributed by atoms with Crippen LogP contribution in [-0.4, -0.2) is 23.2 Å². The lowest BCUT2D eigenvalue weighted by molar-refractivity contribution is 0.0600. The molecule has 2 aromatic heterocycles. The van der Waals surface area contributed by atoms with E-state index >= 15 is 0 Å². The highest BCUT2D eigenvalue weighted by atomic mass is 16.5. The summed E-state index contributed by atoms with van der Waals surface area (Å²) in [6.07, 6.45) is 1.51. The van der Waals surface area contributed by atoms with Crippen LogP contribution in [0, 0.1) is 13.8 Å². The van der Waals surface area contributed by atoms with Crippen molar-refractivity contribution in [3.05, 3.63) is 46.6 Å². The third kappa shape index (κ3) is 3.21. The first-order valence-electron chi connectivity index (χ1n) is 6.27. The van der Waals surface area contributed by atoms with Crippen LogP contribution >= 0.6 is 0 Å². The van der Waals surface area contributed by atoms with Crippen molar-refractivity contribution in [2.45, 2.75) is 26.9 Å². The second kappa shape index (κ2) is 6.29. The fraction of sp³-hybridized carbons (Fsp3) is 0.357. The molecular formula is C14H17N3O3. The molecule has 2 rings (SSSR count). The molecule has 0 saturated carbocycles. The van der Waals surface area contributed by atoms with E-state index in [1.165, 1.54) is 13.3 Å². The summed E-state index contributed by atoms with van der Waals surface area (Å²) in [5.74, 6) is 0.441. The van der Waals surface area contributed by atoms with Crippen LogP contribution in [0.1, 0.15) is 33.1 Å².